The van der Waals surface area contributed by atoms with Crippen LogP contribution < -0.4 is 9.80 Å². The van der Waals surface area contributed by atoms with Gasteiger partial charge in [-0.2, -0.15) is 0 Å². The van der Waals surface area contributed by atoms with Crippen molar-refractivity contribution in [2.45, 2.75) is 0 Å². The Kier molecular flexibility index (Phi) is 4.52. The van der Waals surface area contributed by atoms with Crippen LogP contribution in [0.1, 0.15) is 11.1 Å². The lowest BCUT2D eigenvalue weighted by molar-refractivity contribution is 1.12. The maximum Gasteiger partial charge on any atom is 0.0711 e. The van der Waals surface area contributed by atoms with Crippen LogP contribution in [0, 0.1) is 5.41 Å². The second kappa shape index (κ2) is 7.01. The molecule has 3 heteroatoms. The van der Waals surface area contributed by atoms with Gasteiger partial charge in [0, 0.05) is 50.4 Å². The Labute approximate surface area is 166 Å². The molecule has 3 nitrogen and oxygen atoms in total. The Morgan fingerprint density at radius 1 is 0.643 bits per heavy atom. The highest BCUT2D eigenvalue weighted by molar-refractivity contribution is 6.23. The van der Waals surface area contributed by atoms with Crippen LogP contribution in [0.25, 0.3) is 21.5 Å². The minimum Gasteiger partial charge on any atom is -0.377 e. The van der Waals surface area contributed by atoms with E-state index in [2.05, 4.69) is 86.5 Å². The predicted molar refractivity (Wildman–Crippen MR) is 122 cm³/mol. The summed E-state index contributed by atoms with van der Waals surface area (Å²) in [5.41, 5.74) is 4.70. The number of rotatable bonds is 4. The molecule has 0 aromatic heterocycles. The molecule has 140 valence electrons. The molecule has 1 N–H and O–H groups in total. The third-order valence-corrected chi connectivity index (χ3v) is 5.25. The Hall–Kier alpha value is -3.33. The first-order chi connectivity index (χ1) is 13.5. The van der Waals surface area contributed by atoms with Crippen molar-refractivity contribution in [1.82, 2.24) is 0 Å². The molecule has 0 aliphatic rings. The van der Waals surface area contributed by atoms with Crippen molar-refractivity contribution in [3.05, 3.63) is 83.9 Å². The molecule has 0 amide bonds. The summed E-state index contributed by atoms with van der Waals surface area (Å²) >= 11 is 0. The van der Waals surface area contributed by atoms with E-state index >= 15 is 0 Å². The minimum atomic E-state index is 0.552. The number of nitrogens with one attached hydrogen (secondary N) is 1. The van der Waals surface area contributed by atoms with Gasteiger partial charge in [-0.15, -0.1) is 0 Å². The quantitative estimate of drug-likeness (QED) is 0.480. The molecule has 0 heterocycles. The van der Waals surface area contributed by atoms with E-state index in [1.165, 1.54) is 10.8 Å². The van der Waals surface area contributed by atoms with E-state index in [9.17, 15) is 0 Å². The lowest BCUT2D eigenvalue weighted by atomic mass is 9.92. The smallest absolute Gasteiger partial charge is 0.0711 e. The fourth-order valence-corrected chi connectivity index (χ4v) is 3.97. The molecule has 0 aliphatic carbocycles. The molecule has 0 bridgehead atoms. The first kappa shape index (κ1) is 18.1. The van der Waals surface area contributed by atoms with Crippen LogP contribution in [0.2, 0.25) is 0 Å². The van der Waals surface area contributed by atoms with Crippen molar-refractivity contribution in [3.8, 4) is 0 Å². The number of anilines is 2. The van der Waals surface area contributed by atoms with Gasteiger partial charge in [-0.3, -0.25) is 5.41 Å². The zero-order chi connectivity index (χ0) is 19.8. The van der Waals surface area contributed by atoms with Crippen LogP contribution in [-0.4, -0.2) is 33.9 Å². The normalized spacial score (nSPS) is 11.0. The van der Waals surface area contributed by atoms with Crippen molar-refractivity contribution in [3.63, 3.8) is 0 Å². The third kappa shape index (κ3) is 2.89. The molecule has 4 aromatic rings. The van der Waals surface area contributed by atoms with Crippen molar-refractivity contribution < 1.29 is 0 Å². The Bertz CT molecular complexity index is 1180. The summed E-state index contributed by atoms with van der Waals surface area (Å²) in [6, 6.07) is 25.0. The van der Waals surface area contributed by atoms with Crippen molar-refractivity contribution >= 4 is 38.6 Å². The van der Waals surface area contributed by atoms with Crippen LogP contribution in [0.15, 0.2) is 72.8 Å². The predicted octanol–water partition coefficient (Wildman–Crippen LogP) is 5.54. The second-order valence-electron chi connectivity index (χ2n) is 7.53. The Balaban J connectivity index is 2.02. The first-order valence-corrected chi connectivity index (χ1v) is 9.46. The van der Waals surface area contributed by atoms with E-state index in [0.29, 0.717) is 5.71 Å². The molecular formula is C25H25N3. The molecule has 0 atom stereocenters. The summed E-state index contributed by atoms with van der Waals surface area (Å²) in [6.07, 6.45) is 0. The maximum absolute atomic E-state index is 9.10. The van der Waals surface area contributed by atoms with Gasteiger partial charge < -0.3 is 9.80 Å². The van der Waals surface area contributed by atoms with Crippen LogP contribution in [0.3, 0.4) is 0 Å². The number of hydrogen-bond donors (Lipinski definition) is 1. The fourth-order valence-electron chi connectivity index (χ4n) is 3.97. The molecule has 0 saturated carbocycles. The summed E-state index contributed by atoms with van der Waals surface area (Å²) in [4.78, 5) is 4.27. The molecule has 0 radical (unpaired) electrons. The van der Waals surface area contributed by atoms with Crippen molar-refractivity contribution in [2.75, 3.05) is 38.0 Å². The van der Waals surface area contributed by atoms with E-state index in [4.69, 9.17) is 5.41 Å². The Morgan fingerprint density at radius 2 is 1.32 bits per heavy atom. The van der Waals surface area contributed by atoms with Gasteiger partial charge in [0.2, 0.25) is 0 Å². The van der Waals surface area contributed by atoms with Crippen LogP contribution in [0.5, 0.6) is 0 Å². The molecule has 0 aliphatic heterocycles. The molecule has 0 unspecified atom stereocenters. The van der Waals surface area contributed by atoms with Crippen LogP contribution in [0.4, 0.5) is 11.4 Å². The highest BCUT2D eigenvalue weighted by Gasteiger charge is 2.19. The number of benzene rings is 4. The summed E-state index contributed by atoms with van der Waals surface area (Å²) in [5, 5.41) is 13.7. The van der Waals surface area contributed by atoms with Gasteiger partial charge >= 0.3 is 0 Å². The van der Waals surface area contributed by atoms with E-state index in [1.807, 2.05) is 24.3 Å². The zero-order valence-corrected chi connectivity index (χ0v) is 16.8. The SMILES string of the molecule is CN(C)c1cccc2ccc(C(=N)c3cccc4ccccc34)c(N(C)C)c12. The lowest BCUT2D eigenvalue weighted by Gasteiger charge is -2.25. The molecule has 0 fully saturated rings. The number of hydrogen-bond acceptors (Lipinski definition) is 3. The largest absolute Gasteiger partial charge is 0.377 e. The lowest BCUT2D eigenvalue weighted by Crippen LogP contribution is -2.17. The number of fused-ring (bicyclic) bond motifs is 2. The Morgan fingerprint density at radius 3 is 2.07 bits per heavy atom. The summed E-state index contributed by atoms with van der Waals surface area (Å²) in [5.74, 6) is 0. The van der Waals surface area contributed by atoms with Gasteiger partial charge in [0.1, 0.15) is 0 Å². The minimum absolute atomic E-state index is 0.552. The third-order valence-electron chi connectivity index (χ3n) is 5.25. The topological polar surface area (TPSA) is 30.3 Å². The van der Waals surface area contributed by atoms with Crippen molar-refractivity contribution in [1.29, 1.82) is 5.41 Å². The molecule has 28 heavy (non-hydrogen) atoms. The maximum atomic E-state index is 9.10. The summed E-state index contributed by atoms with van der Waals surface area (Å²) < 4.78 is 0. The highest BCUT2D eigenvalue weighted by atomic mass is 15.1. The van der Waals surface area contributed by atoms with Gasteiger partial charge in [0.25, 0.3) is 0 Å². The molecule has 4 aromatic carbocycles. The van der Waals surface area contributed by atoms with Crippen LogP contribution >= 0.6 is 0 Å². The van der Waals surface area contributed by atoms with Crippen LogP contribution in [-0.2, 0) is 0 Å². The molecule has 0 saturated heterocycles. The van der Waals surface area contributed by atoms with E-state index in [0.717, 1.165) is 33.3 Å². The molecular weight excluding hydrogens is 342 g/mol. The molecule has 4 rings (SSSR count). The fraction of sp³-hybridized carbons (Fsp3) is 0.160. The summed E-state index contributed by atoms with van der Waals surface area (Å²) in [6.45, 7) is 0. The zero-order valence-electron chi connectivity index (χ0n) is 16.8. The summed E-state index contributed by atoms with van der Waals surface area (Å²) in [7, 11) is 8.25. The van der Waals surface area contributed by atoms with Gasteiger partial charge in [-0.05, 0) is 22.2 Å². The first-order valence-electron chi connectivity index (χ1n) is 9.46. The average Bonchev–Trinajstić information content (AvgIpc) is 2.71. The number of nitrogens with zero attached hydrogens (tertiary/aromatic N) is 2. The van der Waals surface area contributed by atoms with E-state index < -0.39 is 0 Å². The average molecular weight is 367 g/mol. The van der Waals surface area contributed by atoms with Gasteiger partial charge in [-0.1, -0.05) is 66.7 Å². The van der Waals surface area contributed by atoms with E-state index in [-0.39, 0.29) is 0 Å². The van der Waals surface area contributed by atoms with Gasteiger partial charge in [0.15, 0.2) is 0 Å². The standard InChI is InChI=1S/C25H25N3/c1-27(2)22-14-8-11-18-15-16-21(25(23(18)22)28(3)4)24(26)20-13-7-10-17-9-5-6-12-19(17)20/h5-16,26H,1-4H3. The highest BCUT2D eigenvalue weighted by Crippen LogP contribution is 2.38. The second-order valence-corrected chi connectivity index (χ2v) is 7.53. The monoisotopic (exact) mass is 367 g/mol. The van der Waals surface area contributed by atoms with Gasteiger partial charge in [-0.25, -0.2) is 0 Å². The van der Waals surface area contributed by atoms with Gasteiger partial charge in [0.05, 0.1) is 11.4 Å². The molecule has 0 spiro atoms. The van der Waals surface area contributed by atoms with Crippen molar-refractivity contribution in [2.24, 2.45) is 0 Å². The van der Waals surface area contributed by atoms with E-state index in [1.54, 1.807) is 0 Å².